The Labute approximate surface area is 189 Å². The molecule has 1 aliphatic carbocycles. The van der Waals surface area contributed by atoms with Crippen molar-refractivity contribution in [2.24, 2.45) is 5.73 Å². The van der Waals surface area contributed by atoms with Gasteiger partial charge in [-0.25, -0.2) is 8.42 Å². The van der Waals surface area contributed by atoms with Gasteiger partial charge < -0.3 is 21.8 Å². The Balaban J connectivity index is 1.81. The first-order chi connectivity index (χ1) is 15.3. The number of primary amides is 1. The second-order valence-corrected chi connectivity index (χ2v) is 10.1. The van der Waals surface area contributed by atoms with Gasteiger partial charge in [0.25, 0.3) is 15.7 Å². The van der Waals surface area contributed by atoms with Crippen molar-refractivity contribution in [3.8, 4) is 0 Å². The predicted octanol–water partition coefficient (Wildman–Crippen LogP) is 3.13. The first-order valence-electron chi connectivity index (χ1n) is 10.2. The molecule has 1 saturated carbocycles. The number of sulfone groups is 1. The van der Waals surface area contributed by atoms with E-state index < -0.39 is 26.1 Å². The zero-order chi connectivity index (χ0) is 24.6. The fourth-order valence-corrected chi connectivity index (χ4v) is 4.52. The monoisotopic (exact) mass is 486 g/mol. The van der Waals surface area contributed by atoms with Crippen LogP contribution >= 0.6 is 0 Å². The standard InChI is InChI=1S/C20H25F3N6O3S/c1-11(2)26-13-5-8-17(16(24)9-13)29-10-15(18(25)30)19(28-29)27-12-3-6-14(7-4-12)33(31,32)20(21,22)23/h3-4,6-7,10-11,13,17,24,26H,5,8-9H2,1-2H3,(H2,25,30)(H,27,28)/t13-,17-/m0/s1. The van der Waals surface area contributed by atoms with Gasteiger partial charge in [0, 0.05) is 36.1 Å². The molecule has 180 valence electrons. The van der Waals surface area contributed by atoms with Crippen molar-refractivity contribution in [1.29, 1.82) is 5.41 Å². The maximum atomic E-state index is 12.7. The number of carbonyl (C=O) groups is 1. The Morgan fingerprint density at radius 2 is 1.88 bits per heavy atom. The molecule has 0 spiro atoms. The topological polar surface area (TPSA) is 143 Å². The molecule has 1 heterocycles. The lowest BCUT2D eigenvalue weighted by Crippen LogP contribution is -2.41. The summed E-state index contributed by atoms with van der Waals surface area (Å²) in [5.41, 5.74) is 0.744. The first kappa shape index (κ1) is 24.7. The summed E-state index contributed by atoms with van der Waals surface area (Å²) in [4.78, 5) is 11.0. The minimum Gasteiger partial charge on any atom is -0.365 e. The maximum absolute atomic E-state index is 12.7. The lowest BCUT2D eigenvalue weighted by molar-refractivity contribution is -0.0436. The van der Waals surface area contributed by atoms with Crippen LogP contribution in [-0.2, 0) is 9.84 Å². The van der Waals surface area contributed by atoms with Gasteiger partial charge in [-0.3, -0.25) is 9.48 Å². The van der Waals surface area contributed by atoms with Crippen LogP contribution in [0.4, 0.5) is 24.7 Å². The van der Waals surface area contributed by atoms with E-state index in [4.69, 9.17) is 11.1 Å². The number of hydrogen-bond donors (Lipinski definition) is 4. The molecule has 0 unspecified atom stereocenters. The molecule has 0 bridgehead atoms. The van der Waals surface area contributed by atoms with Crippen LogP contribution < -0.4 is 16.4 Å². The van der Waals surface area contributed by atoms with E-state index >= 15 is 0 Å². The molecule has 13 heteroatoms. The molecular weight excluding hydrogens is 461 g/mol. The van der Waals surface area contributed by atoms with Gasteiger partial charge in [0.15, 0.2) is 5.82 Å². The van der Waals surface area contributed by atoms with Gasteiger partial charge in [0.1, 0.15) is 5.56 Å². The Bertz CT molecular complexity index is 1140. The second-order valence-electron chi connectivity index (χ2n) is 8.17. The molecule has 1 aromatic carbocycles. The summed E-state index contributed by atoms with van der Waals surface area (Å²) in [6.07, 6.45) is 3.41. The van der Waals surface area contributed by atoms with E-state index in [1.807, 2.05) is 13.8 Å². The van der Waals surface area contributed by atoms with Gasteiger partial charge in [0.2, 0.25) is 0 Å². The Kier molecular flexibility index (Phi) is 6.84. The van der Waals surface area contributed by atoms with Gasteiger partial charge in [-0.2, -0.15) is 18.3 Å². The summed E-state index contributed by atoms with van der Waals surface area (Å²) in [6.45, 7) is 4.07. The smallest absolute Gasteiger partial charge is 0.365 e. The SMILES string of the molecule is CC(C)N[C@H]1CC[C@H](n2cc(C(N)=O)c(Nc3ccc(S(=O)(=O)C(F)(F)F)cc3)n2)C(=N)C1. The number of anilines is 2. The summed E-state index contributed by atoms with van der Waals surface area (Å²) in [7, 11) is -5.47. The number of nitrogens with one attached hydrogen (secondary N) is 3. The zero-order valence-corrected chi connectivity index (χ0v) is 18.8. The fourth-order valence-electron chi connectivity index (χ4n) is 3.75. The van der Waals surface area contributed by atoms with E-state index in [2.05, 4.69) is 15.7 Å². The predicted molar refractivity (Wildman–Crippen MR) is 116 cm³/mol. The van der Waals surface area contributed by atoms with Gasteiger partial charge >= 0.3 is 5.51 Å². The Hall–Kier alpha value is -2.93. The van der Waals surface area contributed by atoms with E-state index in [9.17, 15) is 26.4 Å². The molecule has 2 aromatic rings. The lowest BCUT2D eigenvalue weighted by Gasteiger charge is -2.31. The van der Waals surface area contributed by atoms with Crippen LogP contribution in [0.3, 0.4) is 0 Å². The molecular formula is C20H25F3N6O3S. The van der Waals surface area contributed by atoms with Crippen molar-refractivity contribution in [3.05, 3.63) is 36.0 Å². The molecule has 9 nitrogen and oxygen atoms in total. The third-order valence-electron chi connectivity index (χ3n) is 5.27. The van der Waals surface area contributed by atoms with Crippen molar-refractivity contribution in [2.45, 2.75) is 61.6 Å². The zero-order valence-electron chi connectivity index (χ0n) is 18.0. The van der Waals surface area contributed by atoms with E-state index in [1.165, 1.54) is 10.9 Å². The highest BCUT2D eigenvalue weighted by atomic mass is 32.2. The average Bonchev–Trinajstić information content (AvgIpc) is 3.11. The summed E-state index contributed by atoms with van der Waals surface area (Å²) in [5.74, 6) is -0.717. The van der Waals surface area contributed by atoms with Crippen molar-refractivity contribution >= 4 is 33.0 Å². The molecule has 0 radical (unpaired) electrons. The van der Waals surface area contributed by atoms with Crippen LogP contribution in [0.1, 0.15) is 49.5 Å². The summed E-state index contributed by atoms with van der Waals surface area (Å²) in [5, 5.41) is 18.9. The number of amides is 1. The largest absolute Gasteiger partial charge is 0.501 e. The Morgan fingerprint density at radius 1 is 1.24 bits per heavy atom. The Morgan fingerprint density at radius 3 is 2.39 bits per heavy atom. The number of aromatic nitrogens is 2. The molecule has 1 aliphatic rings. The summed E-state index contributed by atoms with van der Waals surface area (Å²) < 4.78 is 62.7. The molecule has 0 aliphatic heterocycles. The molecule has 33 heavy (non-hydrogen) atoms. The molecule has 0 saturated heterocycles. The number of carbonyl (C=O) groups excluding carboxylic acids is 1. The minimum atomic E-state index is -5.47. The highest BCUT2D eigenvalue weighted by Gasteiger charge is 2.46. The third kappa shape index (κ3) is 5.36. The van der Waals surface area contributed by atoms with E-state index in [0.717, 1.165) is 30.7 Å². The van der Waals surface area contributed by atoms with Gasteiger partial charge in [-0.15, -0.1) is 0 Å². The number of rotatable bonds is 7. The number of nitrogens with two attached hydrogens (primary N) is 1. The number of benzene rings is 1. The number of nitrogens with zero attached hydrogens (tertiary/aromatic N) is 2. The van der Waals surface area contributed by atoms with Crippen LogP contribution in [0.5, 0.6) is 0 Å². The number of halogens is 3. The van der Waals surface area contributed by atoms with Crippen LogP contribution in [-0.4, -0.2) is 47.4 Å². The third-order valence-corrected chi connectivity index (χ3v) is 6.78. The average molecular weight is 487 g/mol. The lowest BCUT2D eigenvalue weighted by atomic mass is 9.89. The van der Waals surface area contributed by atoms with Crippen LogP contribution in [0.2, 0.25) is 0 Å². The van der Waals surface area contributed by atoms with Gasteiger partial charge in [-0.1, -0.05) is 13.8 Å². The highest BCUT2D eigenvalue weighted by Crippen LogP contribution is 2.32. The first-order valence-corrected chi connectivity index (χ1v) is 11.7. The molecule has 1 aromatic heterocycles. The van der Waals surface area contributed by atoms with Gasteiger partial charge in [0.05, 0.1) is 10.9 Å². The summed E-state index contributed by atoms with van der Waals surface area (Å²) >= 11 is 0. The number of hydrogen-bond acceptors (Lipinski definition) is 7. The molecule has 5 N–H and O–H groups in total. The van der Waals surface area contributed by atoms with Crippen molar-refractivity contribution in [2.75, 3.05) is 5.32 Å². The maximum Gasteiger partial charge on any atom is 0.501 e. The second kappa shape index (κ2) is 9.14. The minimum absolute atomic E-state index is 0.0391. The van der Waals surface area contributed by atoms with Crippen LogP contribution in [0.15, 0.2) is 35.4 Å². The normalized spacial score (nSPS) is 19.6. The van der Waals surface area contributed by atoms with Crippen molar-refractivity contribution in [1.82, 2.24) is 15.1 Å². The van der Waals surface area contributed by atoms with Gasteiger partial charge in [-0.05, 0) is 37.1 Å². The molecule has 1 amide bonds. The van der Waals surface area contributed by atoms with E-state index in [-0.39, 0.29) is 29.2 Å². The van der Waals surface area contributed by atoms with Crippen molar-refractivity contribution < 1.29 is 26.4 Å². The van der Waals surface area contributed by atoms with Crippen LogP contribution in [0, 0.1) is 5.41 Å². The fraction of sp³-hybridized carbons (Fsp3) is 0.450. The van der Waals surface area contributed by atoms with Crippen molar-refractivity contribution in [3.63, 3.8) is 0 Å². The molecule has 2 atom stereocenters. The molecule has 3 rings (SSSR count). The highest BCUT2D eigenvalue weighted by molar-refractivity contribution is 7.92. The van der Waals surface area contributed by atoms with Crippen LogP contribution in [0.25, 0.3) is 0 Å². The molecule has 1 fully saturated rings. The quantitative estimate of drug-likeness (QED) is 0.474. The summed E-state index contributed by atoms with van der Waals surface area (Å²) in [6, 6.07) is 4.00. The number of alkyl halides is 3. The van der Waals surface area contributed by atoms with E-state index in [1.54, 1.807) is 0 Å². The van der Waals surface area contributed by atoms with E-state index in [0.29, 0.717) is 24.6 Å².